The molecule has 1 N–H and O–H groups in total. The Morgan fingerprint density at radius 1 is 1.69 bits per heavy atom. The molecule has 1 fully saturated rings. The summed E-state index contributed by atoms with van der Waals surface area (Å²) in [5.41, 5.74) is 0. The highest BCUT2D eigenvalue weighted by Crippen LogP contribution is 2.18. The van der Waals surface area contributed by atoms with E-state index in [0.29, 0.717) is 6.61 Å². The highest BCUT2D eigenvalue weighted by atomic mass is 16.6. The Labute approximate surface area is 97.0 Å². The number of amides is 1. The molecule has 4 heteroatoms. The summed E-state index contributed by atoms with van der Waals surface area (Å²) < 4.78 is 10.7. The molecular weight excluding hydrogens is 206 g/mol. The van der Waals surface area contributed by atoms with Gasteiger partial charge in [-0.15, -0.1) is 6.58 Å². The van der Waals surface area contributed by atoms with Crippen LogP contribution in [0.3, 0.4) is 0 Å². The molecule has 0 aromatic rings. The van der Waals surface area contributed by atoms with Crippen molar-refractivity contribution in [3.63, 3.8) is 0 Å². The summed E-state index contributed by atoms with van der Waals surface area (Å²) in [6, 6.07) is -0.0580. The summed E-state index contributed by atoms with van der Waals surface area (Å²) >= 11 is 0. The second kappa shape index (κ2) is 6.53. The number of unbranched alkanes of at least 4 members (excludes halogenated alkanes) is 1. The van der Waals surface area contributed by atoms with E-state index < -0.39 is 0 Å². The molecule has 1 aliphatic heterocycles. The molecule has 1 saturated heterocycles. The van der Waals surface area contributed by atoms with Crippen molar-refractivity contribution >= 4 is 6.09 Å². The van der Waals surface area contributed by atoms with E-state index in [1.165, 1.54) is 0 Å². The van der Waals surface area contributed by atoms with E-state index in [2.05, 4.69) is 18.8 Å². The van der Waals surface area contributed by atoms with Crippen molar-refractivity contribution in [1.29, 1.82) is 0 Å². The molecule has 0 spiro atoms. The topological polar surface area (TPSA) is 47.6 Å². The average Bonchev–Trinajstić information content (AvgIpc) is 2.65. The molecule has 92 valence electrons. The van der Waals surface area contributed by atoms with E-state index in [4.69, 9.17) is 9.47 Å². The van der Waals surface area contributed by atoms with Gasteiger partial charge in [0.15, 0.2) is 0 Å². The van der Waals surface area contributed by atoms with E-state index in [9.17, 15) is 4.79 Å². The first kappa shape index (κ1) is 13.0. The van der Waals surface area contributed by atoms with Crippen LogP contribution in [0.15, 0.2) is 12.7 Å². The van der Waals surface area contributed by atoms with Crippen LogP contribution in [0.2, 0.25) is 0 Å². The van der Waals surface area contributed by atoms with Crippen molar-refractivity contribution < 1.29 is 14.3 Å². The first-order valence-corrected chi connectivity index (χ1v) is 5.86. The number of rotatable bonds is 7. The third-order valence-corrected chi connectivity index (χ3v) is 2.77. The van der Waals surface area contributed by atoms with Crippen LogP contribution < -0.4 is 5.32 Å². The molecule has 3 atom stereocenters. The molecule has 0 radical (unpaired) electrons. The molecule has 0 aliphatic carbocycles. The lowest BCUT2D eigenvalue weighted by molar-refractivity contribution is 0.0647. The lowest BCUT2D eigenvalue weighted by Crippen LogP contribution is -2.38. The molecule has 0 bridgehead atoms. The molecule has 1 heterocycles. The number of ether oxygens (including phenoxy) is 2. The molecule has 1 aliphatic rings. The van der Waals surface area contributed by atoms with E-state index in [1.54, 1.807) is 6.08 Å². The average molecular weight is 227 g/mol. The van der Waals surface area contributed by atoms with Gasteiger partial charge < -0.3 is 14.8 Å². The van der Waals surface area contributed by atoms with Crippen molar-refractivity contribution in [2.24, 2.45) is 5.92 Å². The lowest BCUT2D eigenvalue weighted by Gasteiger charge is -2.20. The minimum Gasteiger partial charge on any atom is -0.443 e. The van der Waals surface area contributed by atoms with Gasteiger partial charge in [0.05, 0.1) is 12.6 Å². The number of carbonyl (C=O) groups excluding carboxylic acids is 1. The van der Waals surface area contributed by atoms with Crippen molar-refractivity contribution in [3.05, 3.63) is 12.7 Å². The molecule has 0 saturated carbocycles. The van der Waals surface area contributed by atoms with Gasteiger partial charge in [0.1, 0.15) is 6.10 Å². The Hall–Kier alpha value is -1.03. The summed E-state index contributed by atoms with van der Waals surface area (Å²) in [4.78, 5) is 11.1. The van der Waals surface area contributed by atoms with Crippen molar-refractivity contribution in [2.75, 3.05) is 13.2 Å². The van der Waals surface area contributed by atoms with Crippen molar-refractivity contribution in [1.82, 2.24) is 5.32 Å². The minimum atomic E-state index is -0.359. The first-order chi connectivity index (χ1) is 7.69. The standard InChI is InChI=1S/C12H21NO3/c1-4-6-7-15-8-10-11(9(3)5-2)16-12(14)13-10/h5,9-11H,2,4,6-8H2,1,3H3,(H,13,14). The Morgan fingerprint density at radius 2 is 2.44 bits per heavy atom. The second-order valence-electron chi connectivity index (χ2n) is 4.14. The Bertz CT molecular complexity index is 242. The molecule has 0 aromatic carbocycles. The SMILES string of the molecule is C=CC(C)C1OC(=O)NC1COCCCC. The highest BCUT2D eigenvalue weighted by Gasteiger charge is 2.36. The van der Waals surface area contributed by atoms with Gasteiger partial charge in [0.2, 0.25) is 0 Å². The van der Waals surface area contributed by atoms with E-state index >= 15 is 0 Å². The number of cyclic esters (lactones) is 1. The summed E-state index contributed by atoms with van der Waals surface area (Å²) in [6.45, 7) is 9.06. The molecule has 16 heavy (non-hydrogen) atoms. The van der Waals surface area contributed by atoms with Crippen LogP contribution in [-0.2, 0) is 9.47 Å². The summed E-state index contributed by atoms with van der Waals surface area (Å²) in [5, 5.41) is 2.76. The van der Waals surface area contributed by atoms with Gasteiger partial charge in [-0.3, -0.25) is 0 Å². The largest absolute Gasteiger partial charge is 0.443 e. The zero-order chi connectivity index (χ0) is 12.0. The van der Waals surface area contributed by atoms with E-state index in [-0.39, 0.29) is 24.2 Å². The third-order valence-electron chi connectivity index (χ3n) is 2.77. The maximum Gasteiger partial charge on any atom is 0.407 e. The normalized spacial score (nSPS) is 26.0. The highest BCUT2D eigenvalue weighted by molar-refractivity contribution is 5.70. The number of carbonyl (C=O) groups is 1. The van der Waals surface area contributed by atoms with Crippen LogP contribution in [0.4, 0.5) is 4.79 Å². The summed E-state index contributed by atoms with van der Waals surface area (Å²) in [6.07, 6.45) is 3.43. The summed E-state index contributed by atoms with van der Waals surface area (Å²) in [7, 11) is 0. The quantitative estimate of drug-likeness (QED) is 0.535. The van der Waals surface area contributed by atoms with Crippen LogP contribution in [-0.4, -0.2) is 31.5 Å². The van der Waals surface area contributed by atoms with Crippen LogP contribution in [0.1, 0.15) is 26.7 Å². The zero-order valence-corrected chi connectivity index (χ0v) is 10.1. The van der Waals surface area contributed by atoms with Crippen molar-refractivity contribution in [2.45, 2.75) is 38.8 Å². The number of nitrogens with one attached hydrogen (secondary N) is 1. The predicted molar refractivity (Wildman–Crippen MR) is 62.3 cm³/mol. The Kier molecular flexibility index (Phi) is 5.32. The van der Waals surface area contributed by atoms with Gasteiger partial charge in [0, 0.05) is 12.5 Å². The Morgan fingerprint density at radius 3 is 3.06 bits per heavy atom. The molecule has 4 nitrogen and oxygen atoms in total. The monoisotopic (exact) mass is 227 g/mol. The molecular formula is C12H21NO3. The van der Waals surface area contributed by atoms with Crippen molar-refractivity contribution in [3.8, 4) is 0 Å². The van der Waals surface area contributed by atoms with Gasteiger partial charge in [-0.25, -0.2) is 4.79 Å². The Balaban J connectivity index is 2.37. The predicted octanol–water partition coefficient (Wildman–Crippen LogP) is 2.10. The first-order valence-electron chi connectivity index (χ1n) is 5.86. The van der Waals surface area contributed by atoms with E-state index in [0.717, 1.165) is 19.4 Å². The van der Waals surface area contributed by atoms with E-state index in [1.807, 2.05) is 6.92 Å². The fraction of sp³-hybridized carbons (Fsp3) is 0.750. The smallest absolute Gasteiger partial charge is 0.407 e. The number of hydrogen-bond acceptors (Lipinski definition) is 3. The maximum absolute atomic E-state index is 11.1. The third kappa shape index (κ3) is 3.52. The lowest BCUT2D eigenvalue weighted by atomic mass is 9.99. The van der Waals surface area contributed by atoms with Gasteiger partial charge in [-0.2, -0.15) is 0 Å². The fourth-order valence-corrected chi connectivity index (χ4v) is 1.67. The van der Waals surface area contributed by atoms with Gasteiger partial charge >= 0.3 is 6.09 Å². The number of alkyl carbamates (subject to hydrolysis) is 1. The van der Waals surface area contributed by atoms with Crippen LogP contribution in [0.5, 0.6) is 0 Å². The molecule has 3 unspecified atom stereocenters. The van der Waals surface area contributed by atoms with Gasteiger partial charge in [0.25, 0.3) is 0 Å². The maximum atomic E-state index is 11.1. The summed E-state index contributed by atoms with van der Waals surface area (Å²) in [5.74, 6) is 0.138. The van der Waals surface area contributed by atoms with Crippen LogP contribution in [0.25, 0.3) is 0 Å². The molecule has 0 aromatic heterocycles. The van der Waals surface area contributed by atoms with Gasteiger partial charge in [-0.05, 0) is 6.42 Å². The molecule has 1 rings (SSSR count). The fourth-order valence-electron chi connectivity index (χ4n) is 1.67. The zero-order valence-electron chi connectivity index (χ0n) is 10.1. The van der Waals surface area contributed by atoms with Crippen LogP contribution >= 0.6 is 0 Å². The van der Waals surface area contributed by atoms with Crippen LogP contribution in [0, 0.1) is 5.92 Å². The second-order valence-corrected chi connectivity index (χ2v) is 4.14. The minimum absolute atomic E-state index is 0.0580. The molecule has 1 amide bonds. The van der Waals surface area contributed by atoms with Gasteiger partial charge in [-0.1, -0.05) is 26.3 Å². The number of hydrogen-bond donors (Lipinski definition) is 1.